The fraction of sp³-hybridized carbons (Fsp3) is 0.222. The Morgan fingerprint density at radius 1 is 1.20 bits per heavy atom. The predicted molar refractivity (Wildman–Crippen MR) is 94.3 cm³/mol. The maximum Gasteiger partial charge on any atom is 0.339 e. The van der Waals surface area contributed by atoms with Crippen molar-refractivity contribution in [1.82, 2.24) is 0 Å². The van der Waals surface area contributed by atoms with Crippen molar-refractivity contribution in [2.75, 3.05) is 7.11 Å². The molecule has 25 heavy (non-hydrogen) atoms. The molecule has 1 atom stereocenters. The van der Waals surface area contributed by atoms with Crippen molar-refractivity contribution >= 4 is 29.2 Å². The van der Waals surface area contributed by atoms with E-state index in [4.69, 9.17) is 42.7 Å². The van der Waals surface area contributed by atoms with Gasteiger partial charge in [-0.15, -0.1) is 0 Å². The number of nitriles is 1. The fourth-order valence-corrected chi connectivity index (χ4v) is 2.43. The van der Waals surface area contributed by atoms with Crippen LogP contribution in [0.5, 0.6) is 11.5 Å². The molecule has 0 aliphatic carbocycles. The number of methoxy groups -OCH3 is 1. The third kappa shape index (κ3) is 5.02. The van der Waals surface area contributed by atoms with Gasteiger partial charge in [0.05, 0.1) is 12.7 Å². The second-order valence-corrected chi connectivity index (χ2v) is 5.91. The first-order valence-corrected chi connectivity index (χ1v) is 8.05. The van der Waals surface area contributed by atoms with Gasteiger partial charge in [-0.1, -0.05) is 29.3 Å². The van der Waals surface area contributed by atoms with Gasteiger partial charge in [0.25, 0.3) is 0 Å². The third-order valence-corrected chi connectivity index (χ3v) is 3.85. The van der Waals surface area contributed by atoms with Gasteiger partial charge in [0.1, 0.15) is 12.7 Å². The summed E-state index contributed by atoms with van der Waals surface area (Å²) >= 11 is 12.0. The number of nitrogens with zero attached hydrogens (tertiary/aromatic N) is 1. The van der Waals surface area contributed by atoms with Crippen LogP contribution in [0.3, 0.4) is 0 Å². The molecule has 0 amide bonds. The average Bonchev–Trinajstić information content (AvgIpc) is 2.60. The van der Waals surface area contributed by atoms with Gasteiger partial charge in [-0.3, -0.25) is 0 Å². The first-order valence-electron chi connectivity index (χ1n) is 7.30. The SMILES string of the molecule is COc1cc(C(=O)O[C@H](C)C#N)ccc1OCc1ccc(Cl)cc1Cl. The minimum atomic E-state index is -0.832. The average molecular weight is 380 g/mol. The molecule has 2 aromatic rings. The molecular formula is C18H15Cl2NO4. The Bertz CT molecular complexity index is 817. The van der Waals surface area contributed by atoms with Crippen LogP contribution in [0.1, 0.15) is 22.8 Å². The lowest BCUT2D eigenvalue weighted by atomic mass is 10.2. The number of carbonyl (C=O) groups excluding carboxylic acids is 1. The molecule has 0 bridgehead atoms. The van der Waals surface area contributed by atoms with E-state index in [1.165, 1.54) is 26.2 Å². The van der Waals surface area contributed by atoms with E-state index in [1.54, 1.807) is 24.3 Å². The molecule has 0 radical (unpaired) electrons. The number of hydrogen-bond acceptors (Lipinski definition) is 5. The van der Waals surface area contributed by atoms with Gasteiger partial charge < -0.3 is 14.2 Å². The normalized spacial score (nSPS) is 11.3. The van der Waals surface area contributed by atoms with Gasteiger partial charge in [0.2, 0.25) is 0 Å². The Kier molecular flexibility index (Phi) is 6.51. The van der Waals surface area contributed by atoms with E-state index in [2.05, 4.69) is 0 Å². The van der Waals surface area contributed by atoms with E-state index in [1.807, 2.05) is 6.07 Å². The fourth-order valence-electron chi connectivity index (χ4n) is 1.96. The molecule has 0 heterocycles. The summed E-state index contributed by atoms with van der Waals surface area (Å²) in [4.78, 5) is 11.9. The molecule has 2 rings (SSSR count). The second kappa shape index (κ2) is 8.61. The Hall–Kier alpha value is -2.42. The molecule has 0 unspecified atom stereocenters. The molecule has 0 aliphatic rings. The van der Waals surface area contributed by atoms with Crippen molar-refractivity contribution in [3.63, 3.8) is 0 Å². The van der Waals surface area contributed by atoms with Crippen LogP contribution in [0.25, 0.3) is 0 Å². The summed E-state index contributed by atoms with van der Waals surface area (Å²) in [6.07, 6.45) is -0.832. The smallest absolute Gasteiger partial charge is 0.339 e. The van der Waals surface area contributed by atoms with Crippen molar-refractivity contribution in [3.8, 4) is 17.6 Å². The predicted octanol–water partition coefficient (Wildman–Crippen LogP) is 4.65. The van der Waals surface area contributed by atoms with Gasteiger partial charge in [0.15, 0.2) is 17.6 Å². The van der Waals surface area contributed by atoms with Gasteiger partial charge in [-0.05, 0) is 37.3 Å². The van der Waals surface area contributed by atoms with Crippen LogP contribution in [0.2, 0.25) is 10.0 Å². The highest BCUT2D eigenvalue weighted by Gasteiger charge is 2.15. The van der Waals surface area contributed by atoms with Crippen molar-refractivity contribution in [1.29, 1.82) is 5.26 Å². The second-order valence-electron chi connectivity index (χ2n) is 5.07. The van der Waals surface area contributed by atoms with Crippen molar-refractivity contribution in [2.24, 2.45) is 0 Å². The van der Waals surface area contributed by atoms with Crippen LogP contribution in [-0.2, 0) is 11.3 Å². The van der Waals surface area contributed by atoms with Gasteiger partial charge in [-0.2, -0.15) is 5.26 Å². The zero-order valence-electron chi connectivity index (χ0n) is 13.6. The molecule has 0 aromatic heterocycles. The number of ether oxygens (including phenoxy) is 3. The Morgan fingerprint density at radius 2 is 1.96 bits per heavy atom. The number of benzene rings is 2. The van der Waals surface area contributed by atoms with Crippen molar-refractivity contribution in [3.05, 3.63) is 57.6 Å². The van der Waals surface area contributed by atoms with Crippen LogP contribution < -0.4 is 9.47 Å². The summed E-state index contributed by atoms with van der Waals surface area (Å²) in [5, 5.41) is 9.74. The van der Waals surface area contributed by atoms with Crippen LogP contribution in [0.4, 0.5) is 0 Å². The maximum absolute atomic E-state index is 11.9. The largest absolute Gasteiger partial charge is 0.493 e. The van der Waals surface area contributed by atoms with E-state index < -0.39 is 12.1 Å². The minimum absolute atomic E-state index is 0.210. The molecule has 0 aliphatic heterocycles. The van der Waals surface area contributed by atoms with E-state index in [-0.39, 0.29) is 12.2 Å². The Morgan fingerprint density at radius 3 is 2.60 bits per heavy atom. The Labute approximate surface area is 155 Å². The zero-order chi connectivity index (χ0) is 18.4. The van der Waals surface area contributed by atoms with E-state index in [9.17, 15) is 4.79 Å². The lowest BCUT2D eigenvalue weighted by Gasteiger charge is -2.13. The molecule has 0 saturated heterocycles. The standard InChI is InChI=1S/C18H15Cl2NO4/c1-11(9-21)25-18(22)12-4-6-16(17(7-12)23-2)24-10-13-3-5-14(19)8-15(13)20/h3-8,11H,10H2,1-2H3/t11-/m1/s1. The van der Waals surface area contributed by atoms with E-state index in [0.717, 1.165) is 5.56 Å². The van der Waals surface area contributed by atoms with Gasteiger partial charge in [0, 0.05) is 15.6 Å². The van der Waals surface area contributed by atoms with Gasteiger partial charge in [-0.25, -0.2) is 4.79 Å². The van der Waals surface area contributed by atoms with Crippen molar-refractivity contribution < 1.29 is 19.0 Å². The number of rotatable bonds is 6. The highest BCUT2D eigenvalue weighted by atomic mass is 35.5. The third-order valence-electron chi connectivity index (χ3n) is 3.26. The highest BCUT2D eigenvalue weighted by Crippen LogP contribution is 2.30. The van der Waals surface area contributed by atoms with Crippen LogP contribution in [0.15, 0.2) is 36.4 Å². The topological polar surface area (TPSA) is 68.5 Å². The number of halogens is 2. The highest BCUT2D eigenvalue weighted by molar-refractivity contribution is 6.35. The van der Waals surface area contributed by atoms with E-state index >= 15 is 0 Å². The molecule has 0 spiro atoms. The molecule has 2 aromatic carbocycles. The van der Waals surface area contributed by atoms with Crippen LogP contribution in [0, 0.1) is 11.3 Å². The molecule has 0 N–H and O–H groups in total. The maximum atomic E-state index is 11.9. The number of hydrogen-bond donors (Lipinski definition) is 0. The molecule has 0 fully saturated rings. The van der Waals surface area contributed by atoms with Crippen LogP contribution >= 0.6 is 23.2 Å². The summed E-state index contributed by atoms with van der Waals surface area (Å²) in [5.41, 5.74) is 1.02. The summed E-state index contributed by atoms with van der Waals surface area (Å²) in [6.45, 7) is 1.70. The summed E-state index contributed by atoms with van der Waals surface area (Å²) in [5.74, 6) is 0.196. The minimum Gasteiger partial charge on any atom is -0.493 e. The lowest BCUT2D eigenvalue weighted by molar-refractivity contribution is 0.0435. The molecular weight excluding hydrogens is 365 g/mol. The summed E-state index contributed by atoms with van der Waals surface area (Å²) in [6, 6.07) is 11.6. The summed E-state index contributed by atoms with van der Waals surface area (Å²) < 4.78 is 15.9. The first-order chi connectivity index (χ1) is 11.9. The monoisotopic (exact) mass is 379 g/mol. The molecule has 5 nitrogen and oxygen atoms in total. The molecule has 0 saturated carbocycles. The van der Waals surface area contributed by atoms with Crippen LogP contribution in [-0.4, -0.2) is 19.2 Å². The molecule has 7 heteroatoms. The number of carbonyl (C=O) groups is 1. The quantitative estimate of drug-likeness (QED) is 0.683. The van der Waals surface area contributed by atoms with Crippen molar-refractivity contribution in [2.45, 2.75) is 19.6 Å². The molecule has 130 valence electrons. The summed E-state index contributed by atoms with van der Waals surface area (Å²) in [7, 11) is 1.46. The lowest BCUT2D eigenvalue weighted by Crippen LogP contribution is -2.13. The van der Waals surface area contributed by atoms with E-state index in [0.29, 0.717) is 21.5 Å². The number of esters is 1. The first kappa shape index (κ1) is 18.9. The Balaban J connectivity index is 2.14. The zero-order valence-corrected chi connectivity index (χ0v) is 15.1. The van der Waals surface area contributed by atoms with Gasteiger partial charge >= 0.3 is 5.97 Å².